The highest BCUT2D eigenvalue weighted by Gasteiger charge is 2.40. The predicted octanol–water partition coefficient (Wildman–Crippen LogP) is 6.51. The number of carbonyl (C=O) groups excluding carboxylic acids is 2. The third-order valence-electron chi connectivity index (χ3n) is 7.27. The average Bonchev–Trinajstić information content (AvgIpc) is 3.56. The number of hydrogen-bond acceptors (Lipinski definition) is 2. The van der Waals surface area contributed by atoms with Gasteiger partial charge in [-0.25, -0.2) is 4.39 Å². The van der Waals surface area contributed by atoms with Crippen LogP contribution in [0.1, 0.15) is 70.7 Å². The van der Waals surface area contributed by atoms with Gasteiger partial charge >= 0.3 is 0 Å². The van der Waals surface area contributed by atoms with Gasteiger partial charge < -0.3 is 9.47 Å². The van der Waals surface area contributed by atoms with Crippen molar-refractivity contribution in [3.05, 3.63) is 83.9 Å². The zero-order valence-corrected chi connectivity index (χ0v) is 22.2. The summed E-state index contributed by atoms with van der Waals surface area (Å²) in [4.78, 5) is 31.2. The van der Waals surface area contributed by atoms with E-state index < -0.39 is 6.04 Å². The van der Waals surface area contributed by atoms with Crippen molar-refractivity contribution in [2.45, 2.75) is 65.5 Å². The van der Waals surface area contributed by atoms with E-state index in [4.69, 9.17) is 0 Å². The number of benzene rings is 2. The molecule has 1 fully saturated rings. The molecule has 37 heavy (non-hydrogen) atoms. The molecule has 1 saturated carbocycles. The molecule has 0 radical (unpaired) electrons. The summed E-state index contributed by atoms with van der Waals surface area (Å²) >= 11 is 0. The number of carbonyl (C=O) groups is 2. The second kappa shape index (κ2) is 9.81. The number of amides is 2. The van der Waals surface area contributed by atoms with Gasteiger partial charge in [-0.15, -0.1) is 0 Å². The second-order valence-corrected chi connectivity index (χ2v) is 11.8. The molecule has 0 saturated heterocycles. The van der Waals surface area contributed by atoms with E-state index in [0.29, 0.717) is 6.42 Å². The number of hydrogen-bond donors (Lipinski definition) is 0. The molecule has 0 N–H and O–H groups in total. The van der Waals surface area contributed by atoms with Crippen LogP contribution in [0.3, 0.4) is 0 Å². The summed E-state index contributed by atoms with van der Waals surface area (Å²) in [6.45, 7) is 8.73. The van der Waals surface area contributed by atoms with Crippen LogP contribution in [0, 0.1) is 17.2 Å². The summed E-state index contributed by atoms with van der Waals surface area (Å²) in [5.41, 5.74) is 3.61. The van der Waals surface area contributed by atoms with Crippen LogP contribution < -0.4 is 4.90 Å². The maximum Gasteiger partial charge on any atom is 0.247 e. The molecule has 0 bridgehead atoms. The first-order chi connectivity index (χ1) is 17.6. The highest BCUT2D eigenvalue weighted by Crippen LogP contribution is 2.42. The van der Waals surface area contributed by atoms with Gasteiger partial charge in [-0.1, -0.05) is 52.0 Å². The molecular weight excluding hydrogens is 465 g/mol. The van der Waals surface area contributed by atoms with E-state index in [2.05, 4.69) is 32.3 Å². The zero-order chi connectivity index (χ0) is 26.3. The van der Waals surface area contributed by atoms with Crippen LogP contribution in [0.4, 0.5) is 10.1 Å². The first-order valence-electron chi connectivity index (χ1n) is 13.3. The van der Waals surface area contributed by atoms with Crippen LogP contribution in [0.5, 0.6) is 0 Å². The fraction of sp³-hybridized carbons (Fsp3) is 0.419. The molecule has 6 heteroatoms. The summed E-state index contributed by atoms with van der Waals surface area (Å²) in [7, 11) is 0. The first kappa shape index (κ1) is 25.2. The maximum absolute atomic E-state index is 14.2. The van der Waals surface area contributed by atoms with Gasteiger partial charge in [0.15, 0.2) is 0 Å². The lowest BCUT2D eigenvalue weighted by molar-refractivity contribution is -0.136. The number of nitrogens with zero attached hydrogens (tertiary/aromatic N) is 3. The Morgan fingerprint density at radius 2 is 1.68 bits per heavy atom. The van der Waals surface area contributed by atoms with Crippen molar-refractivity contribution < 1.29 is 14.0 Å². The maximum atomic E-state index is 14.2. The first-order valence-corrected chi connectivity index (χ1v) is 13.3. The number of fused-ring (bicyclic) bond motifs is 3. The lowest BCUT2D eigenvalue weighted by Crippen LogP contribution is -2.47. The molecule has 2 amide bonds. The Bertz CT molecular complexity index is 1290. The molecule has 3 aromatic rings. The van der Waals surface area contributed by atoms with Gasteiger partial charge in [-0.3, -0.25) is 14.5 Å². The van der Waals surface area contributed by atoms with E-state index >= 15 is 0 Å². The molecule has 2 unspecified atom stereocenters. The average molecular weight is 502 g/mol. The smallest absolute Gasteiger partial charge is 0.247 e. The molecule has 2 aliphatic rings. The van der Waals surface area contributed by atoms with Crippen LogP contribution in [-0.4, -0.2) is 33.9 Å². The number of rotatable bonds is 7. The van der Waals surface area contributed by atoms with Crippen molar-refractivity contribution >= 4 is 17.5 Å². The van der Waals surface area contributed by atoms with Crippen LogP contribution in [0.15, 0.2) is 66.9 Å². The van der Waals surface area contributed by atoms with Crippen molar-refractivity contribution in [2.24, 2.45) is 11.3 Å². The highest BCUT2D eigenvalue weighted by atomic mass is 19.1. The van der Waals surface area contributed by atoms with Gasteiger partial charge in [0.05, 0.1) is 17.1 Å². The molecule has 2 aromatic carbocycles. The molecule has 5 rings (SSSR count). The monoisotopic (exact) mass is 501 g/mol. The van der Waals surface area contributed by atoms with Crippen molar-refractivity contribution in [1.29, 1.82) is 0 Å². The minimum atomic E-state index is -0.422. The van der Waals surface area contributed by atoms with Crippen molar-refractivity contribution in [1.82, 2.24) is 9.47 Å². The second-order valence-electron chi connectivity index (χ2n) is 11.8. The predicted molar refractivity (Wildman–Crippen MR) is 144 cm³/mol. The van der Waals surface area contributed by atoms with E-state index in [1.165, 1.54) is 12.1 Å². The minimum Gasteiger partial charge on any atom is -0.330 e. The summed E-state index contributed by atoms with van der Waals surface area (Å²) in [6.07, 6.45) is 5.26. The quantitative estimate of drug-likeness (QED) is 0.371. The van der Waals surface area contributed by atoms with Crippen LogP contribution in [-0.2, 0) is 9.59 Å². The van der Waals surface area contributed by atoms with Crippen LogP contribution in [0.2, 0.25) is 0 Å². The number of para-hydroxylation sites is 2. The fourth-order valence-electron chi connectivity index (χ4n) is 5.78. The summed E-state index contributed by atoms with van der Waals surface area (Å²) in [6, 6.07) is 17.8. The Morgan fingerprint density at radius 1 is 1.00 bits per heavy atom. The lowest BCUT2D eigenvalue weighted by atomic mass is 9.84. The minimum absolute atomic E-state index is 0.0402. The van der Waals surface area contributed by atoms with Gasteiger partial charge in [-0.2, -0.15) is 0 Å². The van der Waals surface area contributed by atoms with Crippen molar-refractivity contribution in [3.63, 3.8) is 0 Å². The van der Waals surface area contributed by atoms with Gasteiger partial charge in [0.25, 0.3) is 0 Å². The fourth-order valence-corrected chi connectivity index (χ4v) is 5.78. The summed E-state index contributed by atoms with van der Waals surface area (Å²) in [5, 5.41) is 0. The van der Waals surface area contributed by atoms with Gasteiger partial charge in [0.2, 0.25) is 11.8 Å². The normalized spacial score (nSPS) is 17.6. The topological polar surface area (TPSA) is 45.6 Å². The Balaban J connectivity index is 1.47. The van der Waals surface area contributed by atoms with E-state index in [-0.39, 0.29) is 41.6 Å². The molecule has 1 aliphatic carbocycles. The lowest BCUT2D eigenvalue weighted by Gasteiger charge is -2.39. The molecule has 2 heterocycles. The Labute approximate surface area is 218 Å². The van der Waals surface area contributed by atoms with Crippen LogP contribution >= 0.6 is 0 Å². The third kappa shape index (κ3) is 5.34. The van der Waals surface area contributed by atoms with Crippen molar-refractivity contribution in [3.8, 4) is 5.69 Å². The van der Waals surface area contributed by atoms with E-state index in [1.807, 2.05) is 42.6 Å². The molecule has 1 aromatic heterocycles. The summed E-state index contributed by atoms with van der Waals surface area (Å²) < 4.78 is 15.9. The van der Waals surface area contributed by atoms with Gasteiger partial charge in [0, 0.05) is 18.7 Å². The number of halogens is 1. The zero-order valence-electron chi connectivity index (χ0n) is 22.2. The van der Waals surface area contributed by atoms with Crippen molar-refractivity contribution in [2.75, 3.05) is 11.4 Å². The van der Waals surface area contributed by atoms with E-state index in [0.717, 1.165) is 41.9 Å². The van der Waals surface area contributed by atoms with Gasteiger partial charge in [-0.05, 0) is 72.6 Å². The highest BCUT2D eigenvalue weighted by molar-refractivity contribution is 6.00. The molecule has 2 atom stereocenters. The largest absolute Gasteiger partial charge is 0.330 e. The van der Waals surface area contributed by atoms with E-state index in [1.54, 1.807) is 21.9 Å². The molecule has 0 spiro atoms. The van der Waals surface area contributed by atoms with Crippen LogP contribution in [0.25, 0.3) is 5.69 Å². The Morgan fingerprint density at radius 3 is 2.32 bits per heavy atom. The molecule has 194 valence electrons. The molecule has 5 nitrogen and oxygen atoms in total. The SMILES string of the molecule is CC(CC(=O)N(CC(=O)N1c2ccccc2-n2cccc2C1c1ccc(F)cc1)C1CC1)CC(C)(C)C. The Hall–Kier alpha value is -3.41. The van der Waals surface area contributed by atoms with Gasteiger partial charge in [0.1, 0.15) is 18.4 Å². The molecular formula is C31H36FN3O2. The Kier molecular flexibility index (Phi) is 6.69. The molecule has 1 aliphatic heterocycles. The number of aromatic nitrogens is 1. The standard InChI is InChI=1S/C31H36FN3O2/c1-21(19-31(2,3)4)18-28(36)34(24-15-16-24)20-29(37)35-26-9-6-5-8-25(26)33-17-7-10-27(33)30(35)22-11-13-23(32)14-12-22/h5-14,17,21,24,30H,15-16,18-20H2,1-4H3. The third-order valence-corrected chi connectivity index (χ3v) is 7.27. The number of anilines is 1. The summed E-state index contributed by atoms with van der Waals surface area (Å²) in [5.74, 6) is -0.143. The van der Waals surface area contributed by atoms with E-state index in [9.17, 15) is 14.0 Å².